The largest absolute Gasteiger partial charge is 0.285 e. The van der Waals surface area contributed by atoms with Crippen LogP contribution in [-0.2, 0) is 0 Å². The highest BCUT2D eigenvalue weighted by Crippen LogP contribution is 2.26. The van der Waals surface area contributed by atoms with Crippen LogP contribution in [0.15, 0.2) is 34.8 Å². The molecule has 19 heavy (non-hydrogen) atoms. The van der Waals surface area contributed by atoms with Gasteiger partial charge in [-0.15, -0.1) is 0 Å². The van der Waals surface area contributed by atoms with Crippen molar-refractivity contribution in [3.8, 4) is 11.3 Å². The van der Waals surface area contributed by atoms with E-state index in [1.54, 1.807) is 0 Å². The van der Waals surface area contributed by atoms with E-state index < -0.39 is 0 Å². The molecule has 3 aromatic rings. The quantitative estimate of drug-likeness (QED) is 0.677. The summed E-state index contributed by atoms with van der Waals surface area (Å²) in [6.07, 6.45) is 0. The molecule has 0 saturated carbocycles. The van der Waals surface area contributed by atoms with E-state index in [1.807, 2.05) is 19.1 Å². The Bertz CT molecular complexity index is 774. The van der Waals surface area contributed by atoms with Crippen LogP contribution in [-0.4, -0.2) is 14.4 Å². The van der Waals surface area contributed by atoms with Gasteiger partial charge in [-0.1, -0.05) is 28.1 Å². The third-order valence-electron chi connectivity index (χ3n) is 3.23. The molecule has 0 bridgehead atoms. The normalized spacial score (nSPS) is 11.2. The molecular weight excluding hydrogens is 302 g/mol. The van der Waals surface area contributed by atoms with Gasteiger partial charge in [0, 0.05) is 27.1 Å². The number of hydrogen-bond donors (Lipinski definition) is 0. The van der Waals surface area contributed by atoms with Crippen LogP contribution < -0.4 is 0 Å². The van der Waals surface area contributed by atoms with E-state index in [1.165, 1.54) is 0 Å². The Hall–Kier alpha value is -1.68. The topological polar surface area (TPSA) is 30.2 Å². The summed E-state index contributed by atoms with van der Waals surface area (Å²) in [5, 5.41) is 0. The van der Waals surface area contributed by atoms with Crippen LogP contribution in [0.25, 0.3) is 17.0 Å². The predicted octanol–water partition coefficient (Wildman–Crippen LogP) is 4.08. The first kappa shape index (κ1) is 12.4. The van der Waals surface area contributed by atoms with Crippen LogP contribution in [0.3, 0.4) is 0 Å². The number of fused-ring (bicyclic) bond motifs is 1. The van der Waals surface area contributed by atoms with E-state index in [0.29, 0.717) is 0 Å². The summed E-state index contributed by atoms with van der Waals surface area (Å²) in [4.78, 5) is 9.18. The van der Waals surface area contributed by atoms with Gasteiger partial charge in [0.25, 0.3) is 0 Å². The lowest BCUT2D eigenvalue weighted by atomic mass is 10.1. The highest BCUT2D eigenvalue weighted by Gasteiger charge is 2.13. The van der Waals surface area contributed by atoms with Gasteiger partial charge in [0.05, 0.1) is 5.69 Å². The Morgan fingerprint density at radius 3 is 2.58 bits per heavy atom. The number of halogens is 1. The van der Waals surface area contributed by atoms with Gasteiger partial charge in [-0.05, 0) is 39.0 Å². The molecule has 0 unspecified atom stereocenters. The Labute approximate surface area is 120 Å². The molecule has 0 aliphatic heterocycles. The predicted molar refractivity (Wildman–Crippen MR) is 80.3 cm³/mol. The van der Waals surface area contributed by atoms with Gasteiger partial charge in [-0.3, -0.25) is 4.40 Å². The lowest BCUT2D eigenvalue weighted by Crippen LogP contribution is -1.97. The monoisotopic (exact) mass is 315 g/mol. The van der Waals surface area contributed by atoms with Gasteiger partial charge >= 0.3 is 0 Å². The number of benzene rings is 1. The number of hydrogen-bond acceptors (Lipinski definition) is 2. The van der Waals surface area contributed by atoms with Crippen LogP contribution >= 0.6 is 15.9 Å². The molecule has 2 aromatic heterocycles. The van der Waals surface area contributed by atoms with Crippen LogP contribution in [0.5, 0.6) is 0 Å². The minimum absolute atomic E-state index is 0.768. The maximum Gasteiger partial charge on any atom is 0.234 e. The second kappa shape index (κ2) is 4.46. The Balaban J connectivity index is 2.31. The van der Waals surface area contributed by atoms with Gasteiger partial charge in [-0.2, -0.15) is 0 Å². The van der Waals surface area contributed by atoms with Gasteiger partial charge in [0.1, 0.15) is 0 Å². The SMILES string of the molecule is Cc1cc(C)n2c(C)c(-c3cccc(Br)c3)nc2n1. The second-order valence-corrected chi connectivity index (χ2v) is 5.65. The molecule has 4 heteroatoms. The molecule has 0 spiro atoms. The fraction of sp³-hybridized carbons (Fsp3) is 0.200. The summed E-state index contributed by atoms with van der Waals surface area (Å²) in [6.45, 7) is 6.16. The van der Waals surface area contributed by atoms with E-state index in [4.69, 9.17) is 0 Å². The Kier molecular flexibility index (Phi) is 2.90. The summed E-state index contributed by atoms with van der Waals surface area (Å²) in [7, 11) is 0. The zero-order chi connectivity index (χ0) is 13.6. The van der Waals surface area contributed by atoms with Crippen LogP contribution in [0.1, 0.15) is 17.1 Å². The van der Waals surface area contributed by atoms with Gasteiger partial charge in [0.15, 0.2) is 0 Å². The zero-order valence-electron chi connectivity index (χ0n) is 11.1. The molecule has 0 radical (unpaired) electrons. The van der Waals surface area contributed by atoms with Crippen molar-refractivity contribution in [1.29, 1.82) is 0 Å². The molecule has 0 saturated heterocycles. The molecular formula is C15H14BrN3. The number of imidazole rings is 1. The van der Waals surface area contributed by atoms with Gasteiger partial charge in [0.2, 0.25) is 5.78 Å². The van der Waals surface area contributed by atoms with Crippen molar-refractivity contribution in [2.24, 2.45) is 0 Å². The lowest BCUT2D eigenvalue weighted by Gasteiger charge is -2.03. The molecule has 0 fully saturated rings. The maximum atomic E-state index is 4.68. The van der Waals surface area contributed by atoms with E-state index >= 15 is 0 Å². The van der Waals surface area contributed by atoms with E-state index in [0.717, 1.165) is 38.6 Å². The molecule has 0 amide bonds. The van der Waals surface area contributed by atoms with Crippen molar-refractivity contribution in [3.63, 3.8) is 0 Å². The molecule has 3 nitrogen and oxygen atoms in total. The van der Waals surface area contributed by atoms with Crippen molar-refractivity contribution in [1.82, 2.24) is 14.4 Å². The van der Waals surface area contributed by atoms with Crippen molar-refractivity contribution >= 4 is 21.7 Å². The summed E-state index contributed by atoms with van der Waals surface area (Å²) in [5.41, 5.74) is 5.37. The van der Waals surface area contributed by atoms with Gasteiger partial charge in [-0.25, -0.2) is 9.97 Å². The fourth-order valence-corrected chi connectivity index (χ4v) is 2.85. The summed E-state index contributed by atoms with van der Waals surface area (Å²) in [6, 6.07) is 10.3. The zero-order valence-corrected chi connectivity index (χ0v) is 12.7. The number of nitrogens with zero attached hydrogens (tertiary/aromatic N) is 3. The first-order valence-corrected chi connectivity index (χ1v) is 6.95. The van der Waals surface area contributed by atoms with Crippen LogP contribution in [0, 0.1) is 20.8 Å². The molecule has 2 heterocycles. The van der Waals surface area contributed by atoms with E-state index in [2.05, 4.69) is 62.3 Å². The molecule has 0 aliphatic rings. The fourth-order valence-electron chi connectivity index (χ4n) is 2.45. The van der Waals surface area contributed by atoms with Crippen molar-refractivity contribution in [2.75, 3.05) is 0 Å². The molecule has 0 atom stereocenters. The minimum Gasteiger partial charge on any atom is -0.285 e. The Morgan fingerprint density at radius 1 is 1.05 bits per heavy atom. The van der Waals surface area contributed by atoms with E-state index in [9.17, 15) is 0 Å². The van der Waals surface area contributed by atoms with Crippen LogP contribution in [0.4, 0.5) is 0 Å². The van der Waals surface area contributed by atoms with Gasteiger partial charge < -0.3 is 0 Å². The highest BCUT2D eigenvalue weighted by molar-refractivity contribution is 9.10. The molecule has 96 valence electrons. The van der Waals surface area contributed by atoms with Crippen LogP contribution in [0.2, 0.25) is 0 Å². The first-order valence-electron chi connectivity index (χ1n) is 6.15. The standard InChI is InChI=1S/C15H14BrN3/c1-9-7-10(2)19-11(3)14(18-15(19)17-9)12-5-4-6-13(16)8-12/h4-8H,1-3H3. The molecule has 0 N–H and O–H groups in total. The Morgan fingerprint density at radius 2 is 1.84 bits per heavy atom. The highest BCUT2D eigenvalue weighted by atomic mass is 79.9. The number of aryl methyl sites for hydroxylation is 3. The smallest absolute Gasteiger partial charge is 0.234 e. The van der Waals surface area contributed by atoms with E-state index in [-0.39, 0.29) is 0 Å². The number of rotatable bonds is 1. The average molecular weight is 316 g/mol. The summed E-state index contributed by atoms with van der Waals surface area (Å²) >= 11 is 3.50. The maximum absolute atomic E-state index is 4.68. The second-order valence-electron chi connectivity index (χ2n) is 4.73. The molecule has 1 aromatic carbocycles. The lowest BCUT2D eigenvalue weighted by molar-refractivity contribution is 0.982. The summed E-state index contributed by atoms with van der Waals surface area (Å²) < 4.78 is 3.16. The van der Waals surface area contributed by atoms with Crippen molar-refractivity contribution in [2.45, 2.75) is 20.8 Å². The first-order chi connectivity index (χ1) is 9.06. The third-order valence-corrected chi connectivity index (χ3v) is 3.73. The molecule has 0 aliphatic carbocycles. The summed E-state index contributed by atoms with van der Waals surface area (Å²) in [5.74, 6) is 0.768. The average Bonchev–Trinajstić information content (AvgIpc) is 2.66. The third kappa shape index (κ3) is 2.06. The number of aromatic nitrogens is 3. The van der Waals surface area contributed by atoms with Crippen molar-refractivity contribution in [3.05, 3.63) is 51.9 Å². The molecule has 3 rings (SSSR count). The minimum atomic E-state index is 0.768. The van der Waals surface area contributed by atoms with Crippen molar-refractivity contribution < 1.29 is 0 Å².